The third-order valence-corrected chi connectivity index (χ3v) is 5.04. The van der Waals surface area contributed by atoms with E-state index in [1.807, 2.05) is 0 Å². The molecule has 2 unspecified atom stereocenters. The molecule has 2 bridgehead atoms. The number of benzene rings is 1. The number of hydrogen-bond acceptors (Lipinski definition) is 3. The van der Waals surface area contributed by atoms with Crippen LogP contribution in [0.25, 0.3) is 0 Å². The molecule has 0 spiro atoms. The van der Waals surface area contributed by atoms with Crippen molar-refractivity contribution < 1.29 is 0 Å². The molecule has 3 heterocycles. The molecule has 3 saturated heterocycles. The third-order valence-electron chi connectivity index (χ3n) is 5.04. The van der Waals surface area contributed by atoms with Gasteiger partial charge in [0.1, 0.15) is 0 Å². The zero-order valence-corrected chi connectivity index (χ0v) is 13.5. The monoisotopic (exact) mass is 287 g/mol. The maximum atomic E-state index is 3.82. The number of fused-ring (bicyclic) bond motifs is 3. The van der Waals surface area contributed by atoms with Gasteiger partial charge in [-0.25, -0.2) is 0 Å². The SMILES string of the molecule is CCCNC(c1cccc(CC)c1)C1CN2CCN1CC2. The molecule has 0 aliphatic carbocycles. The summed E-state index contributed by atoms with van der Waals surface area (Å²) in [6.07, 6.45) is 2.31. The topological polar surface area (TPSA) is 18.5 Å². The van der Waals surface area contributed by atoms with E-state index in [4.69, 9.17) is 0 Å². The molecule has 3 aliphatic heterocycles. The van der Waals surface area contributed by atoms with Gasteiger partial charge in [-0.2, -0.15) is 0 Å². The quantitative estimate of drug-likeness (QED) is 0.866. The molecule has 116 valence electrons. The molecular formula is C18H29N3. The molecule has 2 atom stereocenters. The van der Waals surface area contributed by atoms with Crippen LogP contribution in [0.5, 0.6) is 0 Å². The van der Waals surface area contributed by atoms with Gasteiger partial charge in [0.15, 0.2) is 0 Å². The van der Waals surface area contributed by atoms with E-state index in [1.165, 1.54) is 50.3 Å². The highest BCUT2D eigenvalue weighted by Crippen LogP contribution is 2.28. The fourth-order valence-electron chi connectivity index (χ4n) is 3.76. The molecule has 0 amide bonds. The maximum Gasteiger partial charge on any atom is 0.0490 e. The van der Waals surface area contributed by atoms with E-state index in [2.05, 4.69) is 53.2 Å². The first-order valence-corrected chi connectivity index (χ1v) is 8.60. The lowest BCUT2D eigenvalue weighted by molar-refractivity contribution is -0.00365. The Morgan fingerprint density at radius 2 is 2.00 bits per heavy atom. The molecule has 1 aromatic rings. The summed E-state index contributed by atoms with van der Waals surface area (Å²) in [4.78, 5) is 5.33. The standard InChI is InChI=1S/C18H29N3/c1-3-8-19-18(16-7-5-6-15(4-2)13-16)17-14-20-9-11-21(17)12-10-20/h5-7,13,17-19H,3-4,8-12,14H2,1-2H3. The van der Waals surface area contributed by atoms with Crippen molar-refractivity contribution in [3.63, 3.8) is 0 Å². The van der Waals surface area contributed by atoms with Gasteiger partial charge in [0.25, 0.3) is 0 Å². The van der Waals surface area contributed by atoms with Crippen LogP contribution in [0.3, 0.4) is 0 Å². The molecule has 1 N–H and O–H groups in total. The molecule has 0 saturated carbocycles. The summed E-state index contributed by atoms with van der Waals surface area (Å²) in [6, 6.07) is 10.3. The largest absolute Gasteiger partial charge is 0.309 e. The van der Waals surface area contributed by atoms with Crippen LogP contribution in [0, 0.1) is 0 Å². The van der Waals surface area contributed by atoms with Crippen LogP contribution in [0.15, 0.2) is 24.3 Å². The van der Waals surface area contributed by atoms with E-state index in [0.29, 0.717) is 12.1 Å². The molecule has 3 fully saturated rings. The molecular weight excluding hydrogens is 258 g/mol. The van der Waals surface area contributed by atoms with Gasteiger partial charge >= 0.3 is 0 Å². The third kappa shape index (κ3) is 3.31. The minimum Gasteiger partial charge on any atom is -0.309 e. The predicted octanol–water partition coefficient (Wildman–Crippen LogP) is 2.29. The molecule has 21 heavy (non-hydrogen) atoms. The number of nitrogens with one attached hydrogen (secondary N) is 1. The van der Waals surface area contributed by atoms with E-state index in [1.54, 1.807) is 0 Å². The molecule has 3 nitrogen and oxygen atoms in total. The molecule has 0 aromatic heterocycles. The average molecular weight is 287 g/mol. The Morgan fingerprint density at radius 1 is 1.19 bits per heavy atom. The summed E-state index contributed by atoms with van der Waals surface area (Å²) in [5.74, 6) is 0. The van der Waals surface area contributed by atoms with E-state index < -0.39 is 0 Å². The van der Waals surface area contributed by atoms with Crippen molar-refractivity contribution in [3.8, 4) is 0 Å². The first kappa shape index (κ1) is 15.0. The predicted molar refractivity (Wildman–Crippen MR) is 88.7 cm³/mol. The first-order valence-electron chi connectivity index (χ1n) is 8.60. The van der Waals surface area contributed by atoms with Gasteiger partial charge in [0.2, 0.25) is 0 Å². The lowest BCUT2D eigenvalue weighted by Gasteiger charge is -2.50. The van der Waals surface area contributed by atoms with Crippen molar-refractivity contribution in [2.75, 3.05) is 39.3 Å². The Morgan fingerprint density at radius 3 is 2.62 bits per heavy atom. The van der Waals surface area contributed by atoms with Gasteiger partial charge in [-0.15, -0.1) is 0 Å². The highest BCUT2D eigenvalue weighted by molar-refractivity contribution is 5.28. The van der Waals surface area contributed by atoms with E-state index in [-0.39, 0.29) is 0 Å². The smallest absolute Gasteiger partial charge is 0.0490 e. The average Bonchev–Trinajstić information content (AvgIpc) is 2.56. The number of nitrogens with zero attached hydrogens (tertiary/aromatic N) is 2. The summed E-state index contributed by atoms with van der Waals surface area (Å²) in [5.41, 5.74) is 2.92. The number of piperazine rings is 3. The highest BCUT2D eigenvalue weighted by Gasteiger charge is 2.37. The zero-order chi connectivity index (χ0) is 14.7. The normalized spacial score (nSPS) is 29.5. The van der Waals surface area contributed by atoms with Gasteiger partial charge in [0.05, 0.1) is 0 Å². The van der Waals surface area contributed by atoms with Crippen LogP contribution in [0.2, 0.25) is 0 Å². The Hall–Kier alpha value is -0.900. The van der Waals surface area contributed by atoms with Crippen molar-refractivity contribution in [3.05, 3.63) is 35.4 Å². The van der Waals surface area contributed by atoms with Crippen molar-refractivity contribution >= 4 is 0 Å². The van der Waals surface area contributed by atoms with Gasteiger partial charge < -0.3 is 5.32 Å². The lowest BCUT2D eigenvalue weighted by Crippen LogP contribution is -2.64. The molecule has 1 aromatic carbocycles. The first-order chi connectivity index (χ1) is 10.3. The van der Waals surface area contributed by atoms with Crippen molar-refractivity contribution in [2.45, 2.75) is 38.8 Å². The molecule has 3 heteroatoms. The Bertz CT molecular complexity index is 452. The van der Waals surface area contributed by atoms with Crippen LogP contribution >= 0.6 is 0 Å². The van der Waals surface area contributed by atoms with Gasteiger partial charge in [-0.3, -0.25) is 9.80 Å². The van der Waals surface area contributed by atoms with Crippen molar-refractivity contribution in [1.29, 1.82) is 0 Å². The van der Waals surface area contributed by atoms with Gasteiger partial charge in [-0.1, -0.05) is 38.1 Å². The highest BCUT2D eigenvalue weighted by atomic mass is 15.4. The number of aryl methyl sites for hydroxylation is 1. The van der Waals surface area contributed by atoms with Crippen LogP contribution in [-0.4, -0.2) is 55.1 Å². The van der Waals surface area contributed by atoms with Crippen LogP contribution in [0.1, 0.15) is 37.4 Å². The lowest BCUT2D eigenvalue weighted by atomic mass is 9.92. The number of rotatable bonds is 6. The summed E-state index contributed by atoms with van der Waals surface area (Å²) in [6.45, 7) is 11.8. The van der Waals surface area contributed by atoms with E-state index in [0.717, 1.165) is 13.0 Å². The van der Waals surface area contributed by atoms with Crippen molar-refractivity contribution in [1.82, 2.24) is 15.1 Å². The van der Waals surface area contributed by atoms with Crippen LogP contribution < -0.4 is 5.32 Å². The second-order valence-electron chi connectivity index (χ2n) is 6.43. The second kappa shape index (κ2) is 6.91. The van der Waals surface area contributed by atoms with Gasteiger partial charge in [-0.05, 0) is 30.5 Å². The Balaban J connectivity index is 1.82. The van der Waals surface area contributed by atoms with E-state index >= 15 is 0 Å². The summed E-state index contributed by atoms with van der Waals surface area (Å²) >= 11 is 0. The van der Waals surface area contributed by atoms with Crippen LogP contribution in [-0.2, 0) is 6.42 Å². The van der Waals surface area contributed by atoms with Gasteiger partial charge in [0, 0.05) is 44.8 Å². The Labute approximate surface area is 129 Å². The molecule has 3 aliphatic rings. The molecule has 0 radical (unpaired) electrons. The summed E-state index contributed by atoms with van der Waals surface area (Å²) in [5, 5.41) is 3.82. The number of hydrogen-bond donors (Lipinski definition) is 1. The summed E-state index contributed by atoms with van der Waals surface area (Å²) in [7, 11) is 0. The second-order valence-corrected chi connectivity index (χ2v) is 6.43. The Kier molecular flexibility index (Phi) is 4.94. The fraction of sp³-hybridized carbons (Fsp3) is 0.667. The minimum atomic E-state index is 0.472. The van der Waals surface area contributed by atoms with Crippen LogP contribution in [0.4, 0.5) is 0 Å². The van der Waals surface area contributed by atoms with Crippen molar-refractivity contribution in [2.24, 2.45) is 0 Å². The maximum absolute atomic E-state index is 3.82. The van der Waals surface area contributed by atoms with E-state index in [9.17, 15) is 0 Å². The zero-order valence-electron chi connectivity index (χ0n) is 13.5. The summed E-state index contributed by atoms with van der Waals surface area (Å²) < 4.78 is 0. The molecule has 4 rings (SSSR count). The minimum absolute atomic E-state index is 0.472. The fourth-order valence-corrected chi connectivity index (χ4v) is 3.76.